The third-order valence-corrected chi connectivity index (χ3v) is 0.793. The van der Waals surface area contributed by atoms with Gasteiger partial charge >= 0.3 is 0 Å². The van der Waals surface area contributed by atoms with Gasteiger partial charge in [-0.2, -0.15) is 0 Å². The second-order valence-electron chi connectivity index (χ2n) is 2.12. The Balaban J connectivity index is 2.68. The topological polar surface area (TPSA) is 12.0 Å². The van der Waals surface area contributed by atoms with Crippen LogP contribution < -0.4 is 5.23 Å². The molecule has 1 N–H and O–H groups in total. The Labute approximate surface area is 46.8 Å². The normalized spacial score (nSPS) is 9.71. The second kappa shape index (κ2) is 4.19. The summed E-state index contributed by atoms with van der Waals surface area (Å²) < 4.78 is 0. The first kappa shape index (κ1) is 7.02. The zero-order chi connectivity index (χ0) is 5.70. The van der Waals surface area contributed by atoms with Crippen molar-refractivity contribution in [3.8, 4) is 0 Å². The minimum absolute atomic E-state index is 0.785. The van der Waals surface area contributed by atoms with Gasteiger partial charge in [0.05, 0.1) is 0 Å². The highest BCUT2D eigenvalue weighted by molar-refractivity contribution is 6.31. The molecule has 0 bridgehead atoms. The molecule has 0 aliphatic carbocycles. The van der Waals surface area contributed by atoms with Gasteiger partial charge in [0.25, 0.3) is 0 Å². The first-order valence-corrected chi connectivity index (χ1v) is 2.76. The fraction of sp³-hybridized carbons (Fsp3) is 1.00. The average Bonchev–Trinajstić information content (AvgIpc) is 1.61. The molecule has 0 aromatic carbocycles. The predicted octanol–water partition coefficient (Wildman–Crippen LogP) is 0.899. The Morgan fingerprint density at radius 2 is 2.14 bits per heavy atom. The molecule has 0 aromatic heterocycles. The molecule has 1 nitrogen and oxygen atoms in total. The van der Waals surface area contributed by atoms with E-state index < -0.39 is 0 Å². The Bertz CT molecular complexity index is 37.1. The first-order chi connectivity index (χ1) is 3.27. The van der Waals surface area contributed by atoms with E-state index in [-0.39, 0.29) is 0 Å². The third-order valence-electron chi connectivity index (χ3n) is 0.793. The number of hydrogen-bond acceptors (Lipinski definition) is 1. The van der Waals surface area contributed by atoms with E-state index in [0.717, 1.165) is 12.2 Å². The van der Waals surface area contributed by atoms with E-state index in [1.807, 2.05) is 7.05 Å². The molecular weight excluding hydrogens is 84.9 g/mol. The van der Waals surface area contributed by atoms with Gasteiger partial charge in [0.1, 0.15) is 0 Å². The van der Waals surface area contributed by atoms with Gasteiger partial charge in [-0.05, 0) is 7.05 Å². The Morgan fingerprint density at radius 3 is 2.29 bits per heavy atom. The van der Waals surface area contributed by atoms with Crippen molar-refractivity contribution in [3.05, 3.63) is 0 Å². The molecule has 0 rings (SSSR count). The van der Waals surface area contributed by atoms with Gasteiger partial charge in [-0.1, -0.05) is 26.1 Å². The zero-order valence-corrected chi connectivity index (χ0v) is 5.36. The summed E-state index contributed by atoms with van der Waals surface area (Å²) in [4.78, 5) is 0. The van der Waals surface area contributed by atoms with Crippen LogP contribution >= 0.6 is 0 Å². The lowest BCUT2D eigenvalue weighted by Crippen LogP contribution is -2.13. The Hall–Kier alpha value is 0.0249. The van der Waals surface area contributed by atoms with E-state index in [9.17, 15) is 0 Å². The van der Waals surface area contributed by atoms with Crippen LogP contribution in [0.2, 0.25) is 6.32 Å². The summed E-state index contributed by atoms with van der Waals surface area (Å²) in [5, 5.41) is 2.97. The molecule has 0 aliphatic heterocycles. The highest BCUT2D eigenvalue weighted by Gasteiger charge is 1.90. The zero-order valence-electron chi connectivity index (χ0n) is 5.36. The van der Waals surface area contributed by atoms with E-state index >= 15 is 0 Å². The fourth-order valence-electron chi connectivity index (χ4n) is 0.354. The molecule has 0 amide bonds. The van der Waals surface area contributed by atoms with Crippen molar-refractivity contribution < 1.29 is 0 Å². The van der Waals surface area contributed by atoms with Crippen molar-refractivity contribution in [2.75, 3.05) is 7.05 Å². The van der Waals surface area contributed by atoms with Crippen molar-refractivity contribution in [2.24, 2.45) is 5.92 Å². The molecule has 0 heterocycles. The molecule has 0 atom stereocenters. The van der Waals surface area contributed by atoms with Crippen LogP contribution in [0.3, 0.4) is 0 Å². The smallest absolute Gasteiger partial charge is 0.205 e. The lowest BCUT2D eigenvalue weighted by molar-refractivity contribution is 0.726. The van der Waals surface area contributed by atoms with Crippen LogP contribution in [-0.4, -0.2) is 14.5 Å². The molecule has 0 aliphatic rings. The van der Waals surface area contributed by atoms with Gasteiger partial charge in [0.15, 0.2) is 0 Å². The average molecular weight is 98.0 g/mol. The minimum atomic E-state index is 0.785. The number of rotatable bonds is 3. The van der Waals surface area contributed by atoms with E-state index in [4.69, 9.17) is 0 Å². The maximum atomic E-state index is 2.97. The van der Waals surface area contributed by atoms with Gasteiger partial charge in [0.2, 0.25) is 7.41 Å². The third kappa shape index (κ3) is 6.02. The number of nitrogens with one attached hydrogen (secondary N) is 1. The van der Waals surface area contributed by atoms with Gasteiger partial charge in [-0.25, -0.2) is 0 Å². The summed E-state index contributed by atoms with van der Waals surface area (Å²) in [5.41, 5.74) is 0. The second-order valence-corrected chi connectivity index (χ2v) is 2.12. The molecule has 0 spiro atoms. The van der Waals surface area contributed by atoms with Crippen LogP contribution in [0.25, 0.3) is 0 Å². The van der Waals surface area contributed by atoms with Gasteiger partial charge < -0.3 is 5.23 Å². The van der Waals surface area contributed by atoms with Crippen molar-refractivity contribution in [3.63, 3.8) is 0 Å². The highest BCUT2D eigenvalue weighted by atomic mass is 14.7. The van der Waals surface area contributed by atoms with Crippen molar-refractivity contribution in [1.82, 2.24) is 5.23 Å². The van der Waals surface area contributed by atoms with E-state index in [2.05, 4.69) is 26.5 Å². The maximum absolute atomic E-state index is 2.97. The van der Waals surface area contributed by atoms with Crippen LogP contribution in [0.15, 0.2) is 0 Å². The molecule has 1 radical (unpaired) electrons. The summed E-state index contributed by atoms with van der Waals surface area (Å²) in [5.74, 6) is 0.785. The molecule has 0 saturated carbocycles. The van der Waals surface area contributed by atoms with Crippen LogP contribution in [0.4, 0.5) is 0 Å². The van der Waals surface area contributed by atoms with E-state index in [1.54, 1.807) is 0 Å². The first-order valence-electron chi connectivity index (χ1n) is 2.76. The molecule has 0 saturated heterocycles. The summed E-state index contributed by atoms with van der Waals surface area (Å²) >= 11 is 0. The summed E-state index contributed by atoms with van der Waals surface area (Å²) in [6.07, 6.45) is 1.16. The van der Waals surface area contributed by atoms with E-state index in [0.29, 0.717) is 0 Å². The Kier molecular flexibility index (Phi) is 4.21. The Morgan fingerprint density at radius 1 is 1.57 bits per heavy atom. The van der Waals surface area contributed by atoms with Crippen molar-refractivity contribution in [2.45, 2.75) is 20.2 Å². The fourth-order valence-corrected chi connectivity index (χ4v) is 0.354. The SMILES string of the molecule is CN[B]CC(C)C. The monoisotopic (exact) mass is 98.1 g/mol. The molecular formula is C5H13BN. The van der Waals surface area contributed by atoms with Crippen LogP contribution in [-0.2, 0) is 0 Å². The van der Waals surface area contributed by atoms with Gasteiger partial charge in [0, 0.05) is 0 Å². The quantitative estimate of drug-likeness (QED) is 0.517. The number of hydrogen-bond donors (Lipinski definition) is 1. The van der Waals surface area contributed by atoms with Crippen LogP contribution in [0.5, 0.6) is 0 Å². The summed E-state index contributed by atoms with van der Waals surface area (Å²) in [6, 6.07) is 0. The standard InChI is InChI=1S/C5H13BN/c1-5(2)4-6-7-3/h5,7H,4H2,1-3H3. The molecule has 41 valence electrons. The largest absolute Gasteiger partial charge is 0.363 e. The van der Waals surface area contributed by atoms with Crippen LogP contribution in [0.1, 0.15) is 13.8 Å². The van der Waals surface area contributed by atoms with E-state index in [1.165, 1.54) is 0 Å². The predicted molar refractivity (Wildman–Crippen MR) is 34.5 cm³/mol. The minimum Gasteiger partial charge on any atom is -0.363 e. The lowest BCUT2D eigenvalue weighted by atomic mass is 9.83. The molecule has 0 fully saturated rings. The van der Waals surface area contributed by atoms with Crippen LogP contribution in [0, 0.1) is 5.92 Å². The molecule has 0 aromatic rings. The van der Waals surface area contributed by atoms with Crippen molar-refractivity contribution >= 4 is 7.41 Å². The van der Waals surface area contributed by atoms with Gasteiger partial charge in [-0.15, -0.1) is 0 Å². The highest BCUT2D eigenvalue weighted by Crippen LogP contribution is 1.95. The summed E-state index contributed by atoms with van der Waals surface area (Å²) in [7, 11) is 4.01. The van der Waals surface area contributed by atoms with Crippen molar-refractivity contribution in [1.29, 1.82) is 0 Å². The summed E-state index contributed by atoms with van der Waals surface area (Å²) in [6.45, 7) is 4.40. The van der Waals surface area contributed by atoms with Gasteiger partial charge in [-0.3, -0.25) is 0 Å². The molecule has 0 unspecified atom stereocenters. The maximum Gasteiger partial charge on any atom is 0.205 e. The molecule has 2 heteroatoms. The lowest BCUT2D eigenvalue weighted by Gasteiger charge is -1.98. The molecule has 7 heavy (non-hydrogen) atoms.